The fraction of sp³-hybridized carbons (Fsp3) is 0.562. The number of carbonyl (C=O) groups is 2. The van der Waals surface area contributed by atoms with Gasteiger partial charge in [-0.2, -0.15) is 0 Å². The van der Waals surface area contributed by atoms with Crippen LogP contribution in [0.15, 0.2) is 22.8 Å². The van der Waals surface area contributed by atoms with E-state index in [2.05, 4.69) is 27.8 Å². The highest BCUT2D eigenvalue weighted by molar-refractivity contribution is 9.10. The second-order valence-electron chi connectivity index (χ2n) is 5.46. The maximum absolute atomic E-state index is 12.3. The number of aromatic nitrogens is 1. The third-order valence-electron chi connectivity index (χ3n) is 3.19. The van der Waals surface area contributed by atoms with Crippen LogP contribution < -0.4 is 0 Å². The number of pyridine rings is 1. The van der Waals surface area contributed by atoms with E-state index in [-0.39, 0.29) is 5.92 Å². The standard InChI is InChI=1S/C16H23BrN2O3/c1-4-5-9-19(10-13-7-6-8-15(17)18-13)16(21)22-14(11-20)12(2)3/h6-8,11-12,14H,4-5,9-10H2,1-3H3. The lowest BCUT2D eigenvalue weighted by atomic mass is 10.1. The summed E-state index contributed by atoms with van der Waals surface area (Å²) in [7, 11) is 0. The maximum Gasteiger partial charge on any atom is 0.410 e. The highest BCUT2D eigenvalue weighted by Crippen LogP contribution is 2.12. The Morgan fingerprint density at radius 2 is 2.18 bits per heavy atom. The van der Waals surface area contributed by atoms with E-state index in [1.54, 1.807) is 4.90 Å². The number of nitrogens with zero attached hydrogens (tertiary/aromatic N) is 2. The van der Waals surface area contributed by atoms with Crippen molar-refractivity contribution in [1.82, 2.24) is 9.88 Å². The molecule has 0 bridgehead atoms. The molecule has 0 saturated carbocycles. The van der Waals surface area contributed by atoms with Crippen molar-refractivity contribution in [2.24, 2.45) is 5.92 Å². The molecule has 0 aliphatic carbocycles. The summed E-state index contributed by atoms with van der Waals surface area (Å²) in [5, 5.41) is 0. The quantitative estimate of drug-likeness (QED) is 0.515. The first-order valence-corrected chi connectivity index (χ1v) is 8.29. The molecule has 1 rings (SSSR count). The summed E-state index contributed by atoms with van der Waals surface area (Å²) in [6.45, 7) is 6.69. The number of ether oxygens (including phenoxy) is 1. The fourth-order valence-corrected chi connectivity index (χ4v) is 2.21. The lowest BCUT2D eigenvalue weighted by Crippen LogP contribution is -2.37. The molecule has 122 valence electrons. The van der Waals surface area contributed by atoms with Crippen LogP contribution in [-0.2, 0) is 16.1 Å². The molecule has 0 radical (unpaired) electrons. The lowest BCUT2D eigenvalue weighted by molar-refractivity contribution is -0.117. The number of halogens is 1. The Morgan fingerprint density at radius 3 is 2.73 bits per heavy atom. The lowest BCUT2D eigenvalue weighted by Gasteiger charge is -2.24. The first kappa shape index (κ1) is 18.6. The van der Waals surface area contributed by atoms with E-state index in [4.69, 9.17) is 4.74 Å². The minimum absolute atomic E-state index is 0.0431. The van der Waals surface area contributed by atoms with Gasteiger partial charge in [0, 0.05) is 6.54 Å². The van der Waals surface area contributed by atoms with Crippen LogP contribution in [0, 0.1) is 5.92 Å². The Labute approximate surface area is 140 Å². The SMILES string of the molecule is CCCCN(Cc1cccc(Br)n1)C(=O)OC(C=O)C(C)C. The zero-order valence-electron chi connectivity index (χ0n) is 13.3. The van der Waals surface area contributed by atoms with Gasteiger partial charge >= 0.3 is 6.09 Å². The Morgan fingerprint density at radius 1 is 1.45 bits per heavy atom. The van der Waals surface area contributed by atoms with Gasteiger partial charge in [-0.15, -0.1) is 0 Å². The minimum atomic E-state index is -0.716. The molecular weight excluding hydrogens is 348 g/mol. The molecule has 1 aromatic rings. The Bertz CT molecular complexity index is 494. The van der Waals surface area contributed by atoms with Crippen LogP contribution >= 0.6 is 15.9 Å². The Kier molecular flexibility index (Phi) is 8.09. The van der Waals surface area contributed by atoms with Gasteiger partial charge in [0.25, 0.3) is 0 Å². The van der Waals surface area contributed by atoms with Gasteiger partial charge in [0.05, 0.1) is 12.2 Å². The number of aldehydes is 1. The molecular formula is C16H23BrN2O3. The van der Waals surface area contributed by atoms with E-state index in [0.29, 0.717) is 19.4 Å². The third kappa shape index (κ3) is 6.13. The van der Waals surface area contributed by atoms with Gasteiger partial charge in [0.1, 0.15) is 4.60 Å². The molecule has 1 aromatic heterocycles. The molecule has 0 spiro atoms. The smallest absolute Gasteiger partial charge is 0.410 e. The fourth-order valence-electron chi connectivity index (χ4n) is 1.83. The Balaban J connectivity index is 2.78. The highest BCUT2D eigenvalue weighted by atomic mass is 79.9. The summed E-state index contributed by atoms with van der Waals surface area (Å²) in [4.78, 5) is 29.3. The summed E-state index contributed by atoms with van der Waals surface area (Å²) in [5.74, 6) is -0.0431. The van der Waals surface area contributed by atoms with Crippen molar-refractivity contribution in [3.05, 3.63) is 28.5 Å². The minimum Gasteiger partial charge on any atom is -0.438 e. The topological polar surface area (TPSA) is 59.5 Å². The molecule has 0 saturated heterocycles. The maximum atomic E-state index is 12.3. The monoisotopic (exact) mass is 370 g/mol. The number of hydrogen-bond acceptors (Lipinski definition) is 4. The van der Waals surface area contributed by atoms with E-state index < -0.39 is 12.2 Å². The van der Waals surface area contributed by atoms with Crippen molar-refractivity contribution in [3.8, 4) is 0 Å². The molecule has 0 aromatic carbocycles. The van der Waals surface area contributed by atoms with Gasteiger partial charge < -0.3 is 9.64 Å². The van der Waals surface area contributed by atoms with Crippen molar-refractivity contribution in [2.75, 3.05) is 6.54 Å². The zero-order valence-corrected chi connectivity index (χ0v) is 14.9. The van der Waals surface area contributed by atoms with Crippen molar-refractivity contribution in [2.45, 2.75) is 46.3 Å². The van der Waals surface area contributed by atoms with Gasteiger partial charge in [-0.05, 0) is 40.4 Å². The van der Waals surface area contributed by atoms with E-state index >= 15 is 0 Å². The molecule has 0 aliphatic rings. The first-order chi connectivity index (χ1) is 10.5. The van der Waals surface area contributed by atoms with Gasteiger partial charge in [-0.25, -0.2) is 9.78 Å². The van der Waals surface area contributed by atoms with Gasteiger partial charge in [-0.1, -0.05) is 33.3 Å². The number of rotatable bonds is 8. The molecule has 0 N–H and O–H groups in total. The molecule has 1 unspecified atom stereocenters. The molecule has 0 fully saturated rings. The van der Waals surface area contributed by atoms with E-state index in [0.717, 1.165) is 23.1 Å². The predicted octanol–water partition coefficient (Wildman–Crippen LogP) is 3.81. The second-order valence-corrected chi connectivity index (χ2v) is 6.27. The van der Waals surface area contributed by atoms with Crippen LogP contribution in [0.4, 0.5) is 4.79 Å². The number of carbonyl (C=O) groups excluding carboxylic acids is 2. The molecule has 1 amide bonds. The van der Waals surface area contributed by atoms with Crippen molar-refractivity contribution in [3.63, 3.8) is 0 Å². The van der Waals surface area contributed by atoms with Gasteiger partial charge in [0.2, 0.25) is 0 Å². The second kappa shape index (κ2) is 9.56. The molecule has 1 atom stereocenters. The zero-order chi connectivity index (χ0) is 16.5. The van der Waals surface area contributed by atoms with Crippen molar-refractivity contribution in [1.29, 1.82) is 0 Å². The summed E-state index contributed by atoms with van der Waals surface area (Å²) < 4.78 is 6.03. The average molecular weight is 371 g/mol. The average Bonchev–Trinajstić information content (AvgIpc) is 2.48. The summed E-state index contributed by atoms with van der Waals surface area (Å²) in [6, 6.07) is 5.56. The molecule has 5 nitrogen and oxygen atoms in total. The van der Waals surface area contributed by atoms with Crippen LogP contribution in [0.2, 0.25) is 0 Å². The van der Waals surface area contributed by atoms with Crippen molar-refractivity contribution >= 4 is 28.3 Å². The molecule has 22 heavy (non-hydrogen) atoms. The largest absolute Gasteiger partial charge is 0.438 e. The van der Waals surface area contributed by atoms with Crippen LogP contribution in [-0.4, -0.2) is 34.9 Å². The summed E-state index contributed by atoms with van der Waals surface area (Å²) in [5.41, 5.74) is 0.773. The normalized spacial score (nSPS) is 12.0. The van der Waals surface area contributed by atoms with Crippen LogP contribution in [0.1, 0.15) is 39.3 Å². The van der Waals surface area contributed by atoms with E-state index in [9.17, 15) is 9.59 Å². The molecule has 1 heterocycles. The Hall–Kier alpha value is -1.43. The highest BCUT2D eigenvalue weighted by Gasteiger charge is 2.22. The summed E-state index contributed by atoms with van der Waals surface area (Å²) in [6.07, 6.45) is 1.33. The van der Waals surface area contributed by atoms with E-state index in [1.165, 1.54) is 0 Å². The van der Waals surface area contributed by atoms with Crippen LogP contribution in [0.25, 0.3) is 0 Å². The summed E-state index contributed by atoms with van der Waals surface area (Å²) >= 11 is 3.32. The molecule has 0 aliphatic heterocycles. The predicted molar refractivity (Wildman–Crippen MR) is 88.4 cm³/mol. The number of unbranched alkanes of at least 4 members (excludes halogenated alkanes) is 1. The van der Waals surface area contributed by atoms with Gasteiger partial charge in [-0.3, -0.25) is 4.79 Å². The third-order valence-corrected chi connectivity index (χ3v) is 3.64. The number of amides is 1. The molecule has 6 heteroatoms. The van der Waals surface area contributed by atoms with Crippen molar-refractivity contribution < 1.29 is 14.3 Å². The first-order valence-electron chi connectivity index (χ1n) is 7.50. The number of hydrogen-bond donors (Lipinski definition) is 0. The van der Waals surface area contributed by atoms with E-state index in [1.807, 2.05) is 32.0 Å². The van der Waals surface area contributed by atoms with Crippen LogP contribution in [0.5, 0.6) is 0 Å². The van der Waals surface area contributed by atoms with Crippen LogP contribution in [0.3, 0.4) is 0 Å². The van der Waals surface area contributed by atoms with Gasteiger partial charge in [0.15, 0.2) is 12.4 Å².